The molecule has 8 heteroatoms. The van der Waals surface area contributed by atoms with Crippen LogP contribution in [0.4, 0.5) is 0 Å². The maximum absolute atomic E-state index is 12.4. The summed E-state index contributed by atoms with van der Waals surface area (Å²) < 4.78 is 10.4. The zero-order valence-electron chi connectivity index (χ0n) is 13.2. The highest BCUT2D eigenvalue weighted by Gasteiger charge is 2.31. The first-order valence-electron chi connectivity index (χ1n) is 7.55. The molecular weight excluding hydrogens is 329 g/mol. The molecule has 0 aromatic carbocycles. The maximum atomic E-state index is 12.4. The molecule has 0 aromatic heterocycles. The first-order valence-corrected chi connectivity index (χ1v) is 7.55. The van der Waals surface area contributed by atoms with Crippen LogP contribution < -0.4 is 5.73 Å². The second-order valence-electron chi connectivity index (χ2n) is 5.64. The summed E-state index contributed by atoms with van der Waals surface area (Å²) in [5, 5.41) is 0. The van der Waals surface area contributed by atoms with Gasteiger partial charge in [0.2, 0.25) is 5.91 Å². The fourth-order valence-corrected chi connectivity index (χ4v) is 2.90. The van der Waals surface area contributed by atoms with Crippen LogP contribution in [-0.2, 0) is 14.3 Å². The maximum Gasteiger partial charge on any atom is 0.239 e. The summed E-state index contributed by atoms with van der Waals surface area (Å²) in [7, 11) is 1.71. The zero-order valence-corrected chi connectivity index (χ0v) is 14.9. The van der Waals surface area contributed by atoms with Crippen LogP contribution >= 0.6 is 24.8 Å². The predicted molar refractivity (Wildman–Crippen MR) is 90.9 cm³/mol. The molecule has 2 heterocycles. The van der Waals surface area contributed by atoms with E-state index in [9.17, 15) is 4.79 Å². The van der Waals surface area contributed by atoms with E-state index < -0.39 is 0 Å². The first kappa shape index (κ1) is 21.9. The molecule has 1 unspecified atom stereocenters. The van der Waals surface area contributed by atoms with Gasteiger partial charge in [-0.2, -0.15) is 0 Å². The molecule has 2 saturated heterocycles. The molecule has 2 fully saturated rings. The molecule has 2 N–H and O–H groups in total. The number of carbonyl (C=O) groups excluding carboxylic acids is 1. The number of carbonyl (C=O) groups is 1. The lowest BCUT2D eigenvalue weighted by Gasteiger charge is -2.37. The lowest BCUT2D eigenvalue weighted by atomic mass is 9.91. The number of piperazine rings is 1. The van der Waals surface area contributed by atoms with Gasteiger partial charge in [0.05, 0.1) is 12.6 Å². The summed E-state index contributed by atoms with van der Waals surface area (Å²) in [5.41, 5.74) is 6.16. The van der Waals surface area contributed by atoms with Crippen LogP contribution in [-0.4, -0.2) is 81.4 Å². The van der Waals surface area contributed by atoms with E-state index in [0.717, 1.165) is 65.4 Å². The van der Waals surface area contributed by atoms with E-state index in [0.29, 0.717) is 0 Å². The van der Waals surface area contributed by atoms with Gasteiger partial charge in [0.25, 0.3) is 0 Å². The van der Waals surface area contributed by atoms with Gasteiger partial charge >= 0.3 is 0 Å². The Bertz CT molecular complexity index is 310. The molecule has 2 aliphatic rings. The van der Waals surface area contributed by atoms with E-state index in [2.05, 4.69) is 4.90 Å². The van der Waals surface area contributed by atoms with Crippen LogP contribution in [0.5, 0.6) is 0 Å². The molecule has 132 valence electrons. The highest BCUT2D eigenvalue weighted by Crippen LogP contribution is 2.19. The second-order valence-corrected chi connectivity index (χ2v) is 5.64. The number of halogens is 2. The molecule has 1 atom stereocenters. The summed E-state index contributed by atoms with van der Waals surface area (Å²) in [6, 6.07) is -0.357. The molecule has 0 radical (unpaired) electrons. The van der Waals surface area contributed by atoms with Crippen molar-refractivity contribution in [1.82, 2.24) is 9.80 Å². The van der Waals surface area contributed by atoms with E-state index in [4.69, 9.17) is 15.2 Å². The SMILES string of the molecule is COCCN1CCN(C(=O)C(N)C2CCOCC2)CC1.Cl.Cl. The quantitative estimate of drug-likeness (QED) is 0.769. The number of methoxy groups -OCH3 is 1. The summed E-state index contributed by atoms with van der Waals surface area (Å²) in [5.74, 6) is 0.395. The van der Waals surface area contributed by atoms with Crippen molar-refractivity contribution in [1.29, 1.82) is 0 Å². The van der Waals surface area contributed by atoms with Crippen molar-refractivity contribution in [3.8, 4) is 0 Å². The summed E-state index contributed by atoms with van der Waals surface area (Å²) in [6.07, 6.45) is 1.81. The van der Waals surface area contributed by atoms with Crippen molar-refractivity contribution >= 4 is 30.7 Å². The third-order valence-corrected chi connectivity index (χ3v) is 4.35. The summed E-state index contributed by atoms with van der Waals surface area (Å²) >= 11 is 0. The van der Waals surface area contributed by atoms with E-state index in [1.54, 1.807) is 7.11 Å². The van der Waals surface area contributed by atoms with Crippen LogP contribution in [0, 0.1) is 5.92 Å². The average Bonchev–Trinajstić information content (AvgIpc) is 2.53. The Morgan fingerprint density at radius 1 is 1.23 bits per heavy atom. The van der Waals surface area contributed by atoms with E-state index in [1.807, 2.05) is 4.90 Å². The van der Waals surface area contributed by atoms with Crippen molar-refractivity contribution in [3.63, 3.8) is 0 Å². The molecule has 2 rings (SSSR count). The number of rotatable bonds is 5. The standard InChI is InChI=1S/C14H27N3O3.2ClH/c1-19-11-8-16-4-6-17(7-5-16)14(18)13(15)12-2-9-20-10-3-12;;/h12-13H,2-11,15H2,1H3;2*1H. The molecule has 0 bridgehead atoms. The Morgan fingerprint density at radius 3 is 2.36 bits per heavy atom. The Morgan fingerprint density at radius 2 is 1.82 bits per heavy atom. The fourth-order valence-electron chi connectivity index (χ4n) is 2.90. The number of amides is 1. The monoisotopic (exact) mass is 357 g/mol. The molecule has 2 aliphatic heterocycles. The number of hydrogen-bond donors (Lipinski definition) is 1. The lowest BCUT2D eigenvalue weighted by Crippen LogP contribution is -2.55. The van der Waals surface area contributed by atoms with Crippen molar-refractivity contribution in [2.75, 3.05) is 59.7 Å². The molecule has 22 heavy (non-hydrogen) atoms. The molecular formula is C14H29Cl2N3O3. The van der Waals surface area contributed by atoms with Crippen molar-refractivity contribution in [2.45, 2.75) is 18.9 Å². The molecule has 0 aromatic rings. The molecule has 0 saturated carbocycles. The van der Waals surface area contributed by atoms with Crippen LogP contribution in [0.2, 0.25) is 0 Å². The highest BCUT2D eigenvalue weighted by atomic mass is 35.5. The van der Waals surface area contributed by atoms with E-state index in [-0.39, 0.29) is 42.7 Å². The minimum atomic E-state index is -0.357. The van der Waals surface area contributed by atoms with Crippen LogP contribution in [0.3, 0.4) is 0 Å². The lowest BCUT2D eigenvalue weighted by molar-refractivity contribution is -0.136. The molecule has 1 amide bonds. The Labute approximate surface area is 145 Å². The van der Waals surface area contributed by atoms with Crippen LogP contribution in [0.25, 0.3) is 0 Å². The van der Waals surface area contributed by atoms with Gasteiger partial charge < -0.3 is 20.1 Å². The minimum Gasteiger partial charge on any atom is -0.383 e. The van der Waals surface area contributed by atoms with Gasteiger partial charge in [-0.1, -0.05) is 0 Å². The summed E-state index contributed by atoms with van der Waals surface area (Å²) in [6.45, 7) is 6.52. The van der Waals surface area contributed by atoms with Gasteiger partial charge in [-0.3, -0.25) is 9.69 Å². The first-order chi connectivity index (χ1) is 9.72. The second kappa shape index (κ2) is 11.4. The summed E-state index contributed by atoms with van der Waals surface area (Å²) in [4.78, 5) is 16.7. The Balaban J connectivity index is 0.00000220. The number of nitrogens with zero attached hydrogens (tertiary/aromatic N) is 2. The molecule has 0 aliphatic carbocycles. The van der Waals surface area contributed by atoms with Crippen molar-refractivity contribution < 1.29 is 14.3 Å². The van der Waals surface area contributed by atoms with Gasteiger partial charge in [0, 0.05) is 53.0 Å². The smallest absolute Gasteiger partial charge is 0.239 e. The average molecular weight is 358 g/mol. The van der Waals surface area contributed by atoms with Crippen LogP contribution in [0.1, 0.15) is 12.8 Å². The van der Waals surface area contributed by atoms with E-state index in [1.165, 1.54) is 0 Å². The minimum absolute atomic E-state index is 0. The Kier molecular flexibility index (Phi) is 11.4. The van der Waals surface area contributed by atoms with E-state index >= 15 is 0 Å². The number of ether oxygens (including phenoxy) is 2. The molecule has 0 spiro atoms. The van der Waals surface area contributed by atoms with Gasteiger partial charge in [-0.25, -0.2) is 0 Å². The normalized spacial score (nSPS) is 21.6. The van der Waals surface area contributed by atoms with Gasteiger partial charge in [-0.05, 0) is 18.8 Å². The third-order valence-electron chi connectivity index (χ3n) is 4.35. The molecule has 6 nitrogen and oxygen atoms in total. The van der Waals surface area contributed by atoms with Gasteiger partial charge in [0.1, 0.15) is 0 Å². The largest absolute Gasteiger partial charge is 0.383 e. The topological polar surface area (TPSA) is 68.0 Å². The fraction of sp³-hybridized carbons (Fsp3) is 0.929. The van der Waals surface area contributed by atoms with Gasteiger partial charge in [0.15, 0.2) is 0 Å². The highest BCUT2D eigenvalue weighted by molar-refractivity contribution is 5.85. The zero-order chi connectivity index (χ0) is 14.4. The van der Waals surface area contributed by atoms with Gasteiger partial charge in [-0.15, -0.1) is 24.8 Å². The van der Waals surface area contributed by atoms with Crippen molar-refractivity contribution in [3.05, 3.63) is 0 Å². The van der Waals surface area contributed by atoms with Crippen LogP contribution in [0.15, 0.2) is 0 Å². The van der Waals surface area contributed by atoms with Crippen molar-refractivity contribution in [2.24, 2.45) is 11.7 Å². The predicted octanol–water partition coefficient (Wildman–Crippen LogP) is 0.375. The number of nitrogens with two attached hydrogens (primary N) is 1. The number of hydrogen-bond acceptors (Lipinski definition) is 5. The third kappa shape index (κ3) is 6.18. The Hall–Kier alpha value is -0.110.